The summed E-state index contributed by atoms with van der Waals surface area (Å²) >= 11 is 0. The van der Waals surface area contributed by atoms with Crippen LogP contribution in [-0.4, -0.2) is 62.5 Å². The van der Waals surface area contributed by atoms with Crippen molar-refractivity contribution in [3.05, 3.63) is 29.3 Å². The molecule has 1 unspecified atom stereocenters. The molecule has 0 aromatic heterocycles. The number of urea groups is 1. The van der Waals surface area contributed by atoms with Crippen LogP contribution in [0.3, 0.4) is 0 Å². The van der Waals surface area contributed by atoms with E-state index in [0.29, 0.717) is 39.4 Å². The van der Waals surface area contributed by atoms with Gasteiger partial charge in [0, 0.05) is 18.8 Å². The fourth-order valence-electron chi connectivity index (χ4n) is 2.81. The second-order valence-corrected chi connectivity index (χ2v) is 6.17. The standard InChI is InChI=1S/C17H23N3O4/c1-12-3-4-14(9-13(12)2)20-11-15(24-17(20)22)10-18-16(21)19-5-7-23-8-6-19/h3-4,9,15H,5-8,10-11H2,1-2H3,(H,18,21). The minimum absolute atomic E-state index is 0.140. The normalized spacial score (nSPS) is 20.9. The molecule has 3 amide bonds. The Bertz CT molecular complexity index is 628. The number of aryl methyl sites for hydroxylation is 2. The smallest absolute Gasteiger partial charge is 0.414 e. The number of nitrogens with zero attached hydrogens (tertiary/aromatic N) is 2. The lowest BCUT2D eigenvalue weighted by molar-refractivity contribution is 0.0523. The van der Waals surface area contributed by atoms with Crippen LogP contribution < -0.4 is 10.2 Å². The van der Waals surface area contributed by atoms with Crippen molar-refractivity contribution in [2.45, 2.75) is 20.0 Å². The van der Waals surface area contributed by atoms with Crippen molar-refractivity contribution < 1.29 is 19.1 Å². The van der Waals surface area contributed by atoms with Gasteiger partial charge >= 0.3 is 12.1 Å². The van der Waals surface area contributed by atoms with Crippen molar-refractivity contribution in [2.24, 2.45) is 0 Å². The average Bonchev–Trinajstić information content (AvgIpc) is 2.97. The van der Waals surface area contributed by atoms with E-state index in [2.05, 4.69) is 5.32 Å². The third-order valence-electron chi connectivity index (χ3n) is 4.46. The van der Waals surface area contributed by atoms with Crippen molar-refractivity contribution in [2.75, 3.05) is 44.3 Å². The van der Waals surface area contributed by atoms with Crippen molar-refractivity contribution in [1.82, 2.24) is 10.2 Å². The predicted molar refractivity (Wildman–Crippen MR) is 89.3 cm³/mol. The fraction of sp³-hybridized carbons (Fsp3) is 0.529. The Morgan fingerprint density at radius 1 is 1.25 bits per heavy atom. The quantitative estimate of drug-likeness (QED) is 0.913. The number of cyclic esters (lactones) is 1. The topological polar surface area (TPSA) is 71.1 Å². The van der Waals surface area contributed by atoms with Crippen molar-refractivity contribution in [1.29, 1.82) is 0 Å². The molecule has 2 aliphatic heterocycles. The van der Waals surface area contributed by atoms with E-state index in [0.717, 1.165) is 11.3 Å². The van der Waals surface area contributed by atoms with Gasteiger partial charge in [-0.3, -0.25) is 4.90 Å². The SMILES string of the molecule is Cc1ccc(N2CC(CNC(=O)N3CCOCC3)OC2=O)cc1C. The maximum Gasteiger partial charge on any atom is 0.414 e. The molecule has 1 atom stereocenters. The summed E-state index contributed by atoms with van der Waals surface area (Å²) in [4.78, 5) is 27.5. The first-order valence-electron chi connectivity index (χ1n) is 8.20. The van der Waals surface area contributed by atoms with E-state index in [1.165, 1.54) is 5.56 Å². The van der Waals surface area contributed by atoms with E-state index in [1.54, 1.807) is 9.80 Å². The number of hydrogen-bond donors (Lipinski definition) is 1. The van der Waals surface area contributed by atoms with Crippen LogP contribution in [0.2, 0.25) is 0 Å². The molecular weight excluding hydrogens is 310 g/mol. The Morgan fingerprint density at radius 3 is 2.71 bits per heavy atom. The molecule has 2 aliphatic rings. The molecule has 2 fully saturated rings. The number of rotatable bonds is 3. The van der Waals surface area contributed by atoms with Crippen LogP contribution in [0, 0.1) is 13.8 Å². The van der Waals surface area contributed by atoms with Crippen molar-refractivity contribution >= 4 is 17.8 Å². The summed E-state index contributed by atoms with van der Waals surface area (Å²) in [5.41, 5.74) is 3.13. The number of morpholine rings is 1. The molecular formula is C17H23N3O4. The Kier molecular flexibility index (Phi) is 4.89. The molecule has 2 saturated heterocycles. The lowest BCUT2D eigenvalue weighted by Gasteiger charge is -2.27. The predicted octanol–water partition coefficient (Wildman–Crippen LogP) is 1.67. The van der Waals surface area contributed by atoms with Crippen molar-refractivity contribution in [3.63, 3.8) is 0 Å². The summed E-state index contributed by atoms with van der Waals surface area (Å²) in [5, 5.41) is 2.83. The van der Waals surface area contributed by atoms with E-state index in [1.807, 2.05) is 32.0 Å². The minimum atomic E-state index is -0.371. The van der Waals surface area contributed by atoms with Gasteiger partial charge in [0.1, 0.15) is 6.10 Å². The highest BCUT2D eigenvalue weighted by molar-refractivity contribution is 5.90. The minimum Gasteiger partial charge on any atom is -0.442 e. The largest absolute Gasteiger partial charge is 0.442 e. The number of nitrogens with one attached hydrogen (secondary N) is 1. The number of carbonyl (C=O) groups is 2. The Hall–Kier alpha value is -2.28. The Labute approximate surface area is 141 Å². The summed E-state index contributed by atoms with van der Waals surface area (Å²) < 4.78 is 10.6. The van der Waals surface area contributed by atoms with Gasteiger partial charge in [-0.25, -0.2) is 9.59 Å². The molecule has 1 aromatic rings. The van der Waals surface area contributed by atoms with Crippen LogP contribution in [0.25, 0.3) is 0 Å². The first kappa shape index (κ1) is 16.6. The second kappa shape index (κ2) is 7.09. The molecule has 2 heterocycles. The second-order valence-electron chi connectivity index (χ2n) is 6.17. The van der Waals surface area contributed by atoms with Gasteiger partial charge in [0.25, 0.3) is 0 Å². The van der Waals surface area contributed by atoms with E-state index < -0.39 is 0 Å². The molecule has 130 valence electrons. The van der Waals surface area contributed by atoms with E-state index in [9.17, 15) is 9.59 Å². The molecule has 0 spiro atoms. The number of benzene rings is 1. The Balaban J connectivity index is 1.54. The van der Waals surface area contributed by atoms with Gasteiger partial charge in [-0.2, -0.15) is 0 Å². The van der Waals surface area contributed by atoms with Crippen LogP contribution >= 0.6 is 0 Å². The highest BCUT2D eigenvalue weighted by Gasteiger charge is 2.33. The van der Waals surface area contributed by atoms with Crippen LogP contribution in [-0.2, 0) is 9.47 Å². The van der Waals surface area contributed by atoms with Gasteiger partial charge in [0.15, 0.2) is 0 Å². The number of ether oxygens (including phenoxy) is 2. The van der Waals surface area contributed by atoms with Gasteiger partial charge in [0.2, 0.25) is 0 Å². The Morgan fingerprint density at radius 2 is 2.00 bits per heavy atom. The molecule has 1 N–H and O–H groups in total. The molecule has 0 saturated carbocycles. The van der Waals surface area contributed by atoms with Crippen LogP contribution in [0.5, 0.6) is 0 Å². The maximum absolute atomic E-state index is 12.1. The van der Waals surface area contributed by atoms with Gasteiger partial charge in [-0.05, 0) is 37.1 Å². The maximum atomic E-state index is 12.1. The average molecular weight is 333 g/mol. The summed E-state index contributed by atoms with van der Waals surface area (Å²) in [7, 11) is 0. The summed E-state index contributed by atoms with van der Waals surface area (Å²) in [6.07, 6.45) is -0.715. The van der Waals surface area contributed by atoms with E-state index in [-0.39, 0.29) is 18.2 Å². The molecule has 0 aliphatic carbocycles. The van der Waals surface area contributed by atoms with Crippen molar-refractivity contribution in [3.8, 4) is 0 Å². The molecule has 24 heavy (non-hydrogen) atoms. The highest BCUT2D eigenvalue weighted by atomic mass is 16.6. The van der Waals surface area contributed by atoms with Gasteiger partial charge in [0.05, 0.1) is 26.3 Å². The molecule has 7 heteroatoms. The third kappa shape index (κ3) is 3.62. The first-order chi connectivity index (χ1) is 11.5. The zero-order valence-electron chi connectivity index (χ0n) is 14.1. The fourth-order valence-corrected chi connectivity index (χ4v) is 2.81. The van der Waals surface area contributed by atoms with E-state index in [4.69, 9.17) is 9.47 Å². The molecule has 1 aromatic carbocycles. The number of amides is 3. The lowest BCUT2D eigenvalue weighted by atomic mass is 10.1. The lowest BCUT2D eigenvalue weighted by Crippen LogP contribution is -2.48. The summed E-state index contributed by atoms with van der Waals surface area (Å²) in [6.45, 7) is 7.09. The highest BCUT2D eigenvalue weighted by Crippen LogP contribution is 2.23. The van der Waals surface area contributed by atoms with Crippen LogP contribution in [0.4, 0.5) is 15.3 Å². The third-order valence-corrected chi connectivity index (χ3v) is 4.46. The first-order valence-corrected chi connectivity index (χ1v) is 8.20. The molecule has 3 rings (SSSR count). The van der Waals surface area contributed by atoms with Gasteiger partial charge < -0.3 is 19.7 Å². The van der Waals surface area contributed by atoms with Gasteiger partial charge in [-0.15, -0.1) is 0 Å². The molecule has 0 bridgehead atoms. The zero-order chi connectivity index (χ0) is 17.1. The summed E-state index contributed by atoms with van der Waals surface area (Å²) in [6, 6.07) is 5.74. The van der Waals surface area contributed by atoms with Crippen LogP contribution in [0.1, 0.15) is 11.1 Å². The zero-order valence-corrected chi connectivity index (χ0v) is 14.1. The number of carbonyl (C=O) groups excluding carboxylic acids is 2. The molecule has 7 nitrogen and oxygen atoms in total. The van der Waals surface area contributed by atoms with E-state index >= 15 is 0 Å². The summed E-state index contributed by atoms with van der Waals surface area (Å²) in [5.74, 6) is 0. The number of hydrogen-bond acceptors (Lipinski definition) is 4. The monoisotopic (exact) mass is 333 g/mol. The van der Waals surface area contributed by atoms with Gasteiger partial charge in [-0.1, -0.05) is 6.07 Å². The number of anilines is 1. The molecule has 0 radical (unpaired) electrons. The van der Waals surface area contributed by atoms with Crippen LogP contribution in [0.15, 0.2) is 18.2 Å².